The Labute approximate surface area is 86.7 Å². The second-order valence-electron chi connectivity index (χ2n) is 4.71. The van der Waals surface area contributed by atoms with Crippen molar-refractivity contribution in [2.75, 3.05) is 39.5 Å². The standard InChI is InChI=1S/C11H22N2O/c14-8-7-12-5-6-13(10-12)9-11-3-1-2-4-11/h11,14H,1-10H2. The second kappa shape index (κ2) is 5.10. The molecule has 1 N–H and O–H groups in total. The van der Waals surface area contributed by atoms with Gasteiger partial charge < -0.3 is 5.11 Å². The van der Waals surface area contributed by atoms with Crippen LogP contribution in [0.4, 0.5) is 0 Å². The van der Waals surface area contributed by atoms with Gasteiger partial charge in [-0.3, -0.25) is 9.80 Å². The molecule has 0 amide bonds. The summed E-state index contributed by atoms with van der Waals surface area (Å²) in [5.41, 5.74) is 0. The van der Waals surface area contributed by atoms with E-state index in [0.717, 1.165) is 25.7 Å². The van der Waals surface area contributed by atoms with E-state index < -0.39 is 0 Å². The molecular formula is C11H22N2O. The molecule has 0 bridgehead atoms. The summed E-state index contributed by atoms with van der Waals surface area (Å²) >= 11 is 0. The molecule has 0 atom stereocenters. The lowest BCUT2D eigenvalue weighted by molar-refractivity contribution is 0.183. The zero-order valence-corrected chi connectivity index (χ0v) is 8.99. The van der Waals surface area contributed by atoms with Gasteiger partial charge >= 0.3 is 0 Å². The summed E-state index contributed by atoms with van der Waals surface area (Å²) in [4.78, 5) is 4.89. The maximum Gasteiger partial charge on any atom is 0.0558 e. The van der Waals surface area contributed by atoms with Crippen LogP contribution in [0.2, 0.25) is 0 Å². The van der Waals surface area contributed by atoms with Crippen molar-refractivity contribution in [1.82, 2.24) is 9.80 Å². The maximum absolute atomic E-state index is 8.84. The smallest absolute Gasteiger partial charge is 0.0558 e. The third-order valence-corrected chi connectivity index (χ3v) is 3.54. The van der Waals surface area contributed by atoms with Crippen LogP contribution in [-0.4, -0.2) is 54.4 Å². The van der Waals surface area contributed by atoms with Crippen molar-refractivity contribution in [3.8, 4) is 0 Å². The Hall–Kier alpha value is -0.120. The first kappa shape index (κ1) is 10.4. The Kier molecular flexibility index (Phi) is 3.79. The molecule has 0 radical (unpaired) electrons. The van der Waals surface area contributed by atoms with Crippen molar-refractivity contribution in [3.63, 3.8) is 0 Å². The summed E-state index contributed by atoms with van der Waals surface area (Å²) in [5.74, 6) is 0.962. The topological polar surface area (TPSA) is 26.7 Å². The Morgan fingerprint density at radius 1 is 1.07 bits per heavy atom. The van der Waals surface area contributed by atoms with Gasteiger partial charge in [-0.1, -0.05) is 12.8 Å². The van der Waals surface area contributed by atoms with Gasteiger partial charge in [0, 0.05) is 26.2 Å². The molecule has 0 aromatic rings. The van der Waals surface area contributed by atoms with E-state index in [1.165, 1.54) is 38.8 Å². The van der Waals surface area contributed by atoms with Gasteiger partial charge in [-0.05, 0) is 18.8 Å². The molecule has 0 unspecified atom stereocenters. The molecule has 2 fully saturated rings. The van der Waals surface area contributed by atoms with E-state index >= 15 is 0 Å². The van der Waals surface area contributed by atoms with Crippen LogP contribution in [0, 0.1) is 5.92 Å². The van der Waals surface area contributed by atoms with Gasteiger partial charge in [-0.2, -0.15) is 0 Å². The molecule has 0 spiro atoms. The number of aliphatic hydroxyl groups excluding tert-OH is 1. The van der Waals surface area contributed by atoms with Crippen molar-refractivity contribution in [2.45, 2.75) is 25.7 Å². The number of aliphatic hydroxyl groups is 1. The molecule has 3 heteroatoms. The molecule has 1 aliphatic carbocycles. The predicted molar refractivity (Wildman–Crippen MR) is 57.1 cm³/mol. The van der Waals surface area contributed by atoms with E-state index in [-0.39, 0.29) is 0 Å². The largest absolute Gasteiger partial charge is 0.395 e. The lowest BCUT2D eigenvalue weighted by Gasteiger charge is -2.20. The summed E-state index contributed by atoms with van der Waals surface area (Å²) in [6.45, 7) is 5.88. The zero-order chi connectivity index (χ0) is 9.80. The highest BCUT2D eigenvalue weighted by atomic mass is 16.3. The molecule has 1 saturated carbocycles. The predicted octanol–water partition coefficient (Wildman–Crippen LogP) is 0.744. The molecule has 0 aromatic carbocycles. The average Bonchev–Trinajstić information content (AvgIpc) is 2.79. The number of β-amino-alcohol motifs (C(OH)–C–C–N with tert-alkyl or cyclic N) is 1. The number of hydrogen-bond acceptors (Lipinski definition) is 3. The van der Waals surface area contributed by atoms with E-state index in [4.69, 9.17) is 5.11 Å². The molecule has 1 saturated heterocycles. The summed E-state index contributed by atoms with van der Waals surface area (Å²) in [5, 5.41) is 8.84. The summed E-state index contributed by atoms with van der Waals surface area (Å²) in [7, 11) is 0. The molecule has 82 valence electrons. The van der Waals surface area contributed by atoms with Gasteiger partial charge in [-0.15, -0.1) is 0 Å². The lowest BCUT2D eigenvalue weighted by Crippen LogP contribution is -2.30. The van der Waals surface area contributed by atoms with Crippen LogP contribution in [0.3, 0.4) is 0 Å². The van der Waals surface area contributed by atoms with E-state index in [9.17, 15) is 0 Å². The summed E-state index contributed by atoms with van der Waals surface area (Å²) in [6.07, 6.45) is 5.77. The van der Waals surface area contributed by atoms with Crippen molar-refractivity contribution in [3.05, 3.63) is 0 Å². The fraction of sp³-hybridized carbons (Fsp3) is 1.00. The number of nitrogens with zero attached hydrogens (tertiary/aromatic N) is 2. The first-order valence-electron chi connectivity index (χ1n) is 5.94. The fourth-order valence-electron chi connectivity index (χ4n) is 2.74. The zero-order valence-electron chi connectivity index (χ0n) is 8.99. The highest BCUT2D eigenvalue weighted by molar-refractivity contribution is 4.76. The second-order valence-corrected chi connectivity index (χ2v) is 4.71. The maximum atomic E-state index is 8.84. The van der Waals surface area contributed by atoms with Crippen LogP contribution in [0.5, 0.6) is 0 Å². The molecule has 2 rings (SSSR count). The Bertz CT molecular complexity index is 169. The average molecular weight is 198 g/mol. The van der Waals surface area contributed by atoms with Gasteiger partial charge in [0.15, 0.2) is 0 Å². The van der Waals surface area contributed by atoms with Gasteiger partial charge in [0.1, 0.15) is 0 Å². The quantitative estimate of drug-likeness (QED) is 0.722. The summed E-state index contributed by atoms with van der Waals surface area (Å²) in [6, 6.07) is 0. The third-order valence-electron chi connectivity index (χ3n) is 3.54. The van der Waals surface area contributed by atoms with Crippen LogP contribution in [0.15, 0.2) is 0 Å². The third kappa shape index (κ3) is 2.69. The van der Waals surface area contributed by atoms with Gasteiger partial charge in [0.05, 0.1) is 13.3 Å². The van der Waals surface area contributed by atoms with Crippen molar-refractivity contribution in [1.29, 1.82) is 0 Å². The van der Waals surface area contributed by atoms with Crippen LogP contribution in [-0.2, 0) is 0 Å². The normalized spacial score (nSPS) is 26.4. The minimum absolute atomic E-state index is 0.303. The van der Waals surface area contributed by atoms with Gasteiger partial charge in [-0.25, -0.2) is 0 Å². The minimum Gasteiger partial charge on any atom is -0.395 e. The molecule has 3 nitrogen and oxygen atoms in total. The molecule has 1 heterocycles. The molecule has 0 aromatic heterocycles. The lowest BCUT2D eigenvalue weighted by atomic mass is 10.1. The Morgan fingerprint density at radius 3 is 2.50 bits per heavy atom. The van der Waals surface area contributed by atoms with E-state index in [0.29, 0.717) is 6.61 Å². The summed E-state index contributed by atoms with van der Waals surface area (Å²) < 4.78 is 0. The first-order chi connectivity index (χ1) is 6.88. The fourth-order valence-corrected chi connectivity index (χ4v) is 2.74. The van der Waals surface area contributed by atoms with Crippen LogP contribution in [0.25, 0.3) is 0 Å². The number of rotatable bonds is 4. The first-order valence-corrected chi connectivity index (χ1v) is 5.94. The van der Waals surface area contributed by atoms with E-state index in [1.54, 1.807) is 0 Å². The van der Waals surface area contributed by atoms with Crippen LogP contribution in [0.1, 0.15) is 25.7 Å². The molecule has 2 aliphatic rings. The molecule has 14 heavy (non-hydrogen) atoms. The van der Waals surface area contributed by atoms with E-state index in [2.05, 4.69) is 9.80 Å². The van der Waals surface area contributed by atoms with Gasteiger partial charge in [0.2, 0.25) is 0 Å². The monoisotopic (exact) mass is 198 g/mol. The van der Waals surface area contributed by atoms with Crippen LogP contribution < -0.4 is 0 Å². The van der Waals surface area contributed by atoms with Crippen LogP contribution >= 0.6 is 0 Å². The van der Waals surface area contributed by atoms with E-state index in [1.807, 2.05) is 0 Å². The van der Waals surface area contributed by atoms with Crippen molar-refractivity contribution < 1.29 is 5.11 Å². The Balaban J connectivity index is 1.67. The SMILES string of the molecule is OCCN1CCN(CC2CCCC2)C1. The van der Waals surface area contributed by atoms with Crippen molar-refractivity contribution >= 4 is 0 Å². The highest BCUT2D eigenvalue weighted by Crippen LogP contribution is 2.26. The van der Waals surface area contributed by atoms with Crippen molar-refractivity contribution in [2.24, 2.45) is 5.92 Å². The highest BCUT2D eigenvalue weighted by Gasteiger charge is 2.23. The molecular weight excluding hydrogens is 176 g/mol. The minimum atomic E-state index is 0.303. The number of hydrogen-bond donors (Lipinski definition) is 1. The van der Waals surface area contributed by atoms with Gasteiger partial charge in [0.25, 0.3) is 0 Å². The Morgan fingerprint density at radius 2 is 1.79 bits per heavy atom. The molecule has 1 aliphatic heterocycles.